The zero-order valence-electron chi connectivity index (χ0n) is 16.5. The Hall–Kier alpha value is -3.72. The minimum Gasteiger partial charge on any atom is -0.497 e. The first-order valence-electron chi connectivity index (χ1n) is 9.42. The molecular weight excluding hydrogens is 421 g/mol. The lowest BCUT2D eigenvalue weighted by molar-refractivity contribution is -0.116. The van der Waals surface area contributed by atoms with Crippen LogP contribution in [-0.4, -0.2) is 24.8 Å². The van der Waals surface area contributed by atoms with E-state index in [-0.39, 0.29) is 17.5 Å². The number of amides is 3. The van der Waals surface area contributed by atoms with E-state index < -0.39 is 11.7 Å². The molecule has 31 heavy (non-hydrogen) atoms. The predicted molar refractivity (Wildman–Crippen MR) is 117 cm³/mol. The normalized spacial score (nSPS) is 12.5. The average molecular weight is 439 g/mol. The fourth-order valence-electron chi connectivity index (χ4n) is 3.14. The molecule has 3 amide bonds. The van der Waals surface area contributed by atoms with Gasteiger partial charge in [-0.2, -0.15) is 0 Å². The smallest absolute Gasteiger partial charge is 0.265 e. The van der Waals surface area contributed by atoms with Crippen molar-refractivity contribution in [3.8, 4) is 5.75 Å². The summed E-state index contributed by atoms with van der Waals surface area (Å²) in [5, 5.41) is 8.40. The van der Waals surface area contributed by atoms with Crippen molar-refractivity contribution in [1.82, 2.24) is 0 Å². The molecular formula is C22H18FN3O4S. The van der Waals surface area contributed by atoms with Crippen LogP contribution in [0.15, 0.2) is 48.5 Å². The van der Waals surface area contributed by atoms with Crippen LogP contribution in [0.2, 0.25) is 0 Å². The summed E-state index contributed by atoms with van der Waals surface area (Å²) < 4.78 is 19.4. The summed E-state index contributed by atoms with van der Waals surface area (Å²) in [7, 11) is 1.54. The highest BCUT2D eigenvalue weighted by Gasteiger charge is 2.19. The van der Waals surface area contributed by atoms with Gasteiger partial charge in [-0.05, 0) is 60.5 Å². The van der Waals surface area contributed by atoms with Gasteiger partial charge in [-0.15, -0.1) is 11.3 Å². The van der Waals surface area contributed by atoms with E-state index in [4.69, 9.17) is 4.74 Å². The molecule has 2 aromatic carbocycles. The van der Waals surface area contributed by atoms with E-state index in [1.807, 2.05) is 0 Å². The Kier molecular flexibility index (Phi) is 5.68. The molecule has 0 fully saturated rings. The first-order valence-corrected chi connectivity index (χ1v) is 10.2. The summed E-state index contributed by atoms with van der Waals surface area (Å²) in [6, 6.07) is 12.5. The maximum atomic E-state index is 14.4. The van der Waals surface area contributed by atoms with E-state index in [2.05, 4.69) is 16.0 Å². The minimum absolute atomic E-state index is 0.0390. The van der Waals surface area contributed by atoms with E-state index in [0.717, 1.165) is 16.9 Å². The summed E-state index contributed by atoms with van der Waals surface area (Å²) in [4.78, 5) is 36.7. The van der Waals surface area contributed by atoms with Crippen molar-refractivity contribution in [2.75, 3.05) is 23.1 Å². The highest BCUT2D eigenvalue weighted by molar-refractivity contribution is 7.18. The molecule has 0 spiro atoms. The van der Waals surface area contributed by atoms with E-state index >= 15 is 0 Å². The third-order valence-corrected chi connectivity index (χ3v) is 5.75. The van der Waals surface area contributed by atoms with Crippen molar-refractivity contribution >= 4 is 45.4 Å². The zero-order valence-corrected chi connectivity index (χ0v) is 17.3. The maximum absolute atomic E-state index is 14.4. The fraction of sp³-hybridized carbons (Fsp3) is 0.136. The van der Waals surface area contributed by atoms with E-state index in [1.165, 1.54) is 12.1 Å². The summed E-state index contributed by atoms with van der Waals surface area (Å²) in [6.07, 6.45) is 0.791. The van der Waals surface area contributed by atoms with Gasteiger partial charge in [0.1, 0.15) is 11.6 Å². The quantitative estimate of drug-likeness (QED) is 0.553. The Balaban J connectivity index is 1.43. The van der Waals surface area contributed by atoms with Gasteiger partial charge < -0.3 is 20.7 Å². The number of aryl methyl sites for hydroxylation is 1. The SMILES string of the molecule is COc1ccc(C(=O)Nc2ccc(C(=O)Nc3cc4c(cc3F)NC(=O)CC4)s2)cc1. The molecule has 3 aromatic rings. The number of methoxy groups -OCH3 is 1. The predicted octanol–water partition coefficient (Wildman–Crippen LogP) is 4.29. The Morgan fingerprint density at radius 3 is 2.55 bits per heavy atom. The standard InChI is InChI=1S/C22H18FN3O4S/c1-30-14-5-2-12(3-6-14)21(28)26-20-9-7-18(31-20)22(29)25-17-10-13-4-8-19(27)24-16(13)11-15(17)23/h2-3,5-7,9-11H,4,8H2,1H3,(H,24,27)(H,25,29)(H,26,28). The van der Waals surface area contributed by atoms with Crippen LogP contribution in [0.4, 0.5) is 20.8 Å². The topological polar surface area (TPSA) is 96.5 Å². The van der Waals surface area contributed by atoms with Crippen molar-refractivity contribution < 1.29 is 23.5 Å². The molecule has 0 unspecified atom stereocenters. The molecule has 0 radical (unpaired) electrons. The molecule has 2 heterocycles. The molecule has 9 heteroatoms. The van der Waals surface area contributed by atoms with Crippen LogP contribution in [0.1, 0.15) is 32.0 Å². The molecule has 0 atom stereocenters. The zero-order chi connectivity index (χ0) is 22.0. The molecule has 0 saturated carbocycles. The molecule has 0 aliphatic carbocycles. The molecule has 3 N–H and O–H groups in total. The third kappa shape index (κ3) is 4.56. The second-order valence-electron chi connectivity index (χ2n) is 6.84. The summed E-state index contributed by atoms with van der Waals surface area (Å²) in [6.45, 7) is 0. The van der Waals surface area contributed by atoms with Gasteiger partial charge in [0.05, 0.1) is 22.7 Å². The number of carbonyl (C=O) groups excluding carboxylic acids is 3. The van der Waals surface area contributed by atoms with Gasteiger partial charge in [0.25, 0.3) is 11.8 Å². The van der Waals surface area contributed by atoms with Crippen LogP contribution in [0.3, 0.4) is 0 Å². The van der Waals surface area contributed by atoms with Crippen molar-refractivity contribution in [1.29, 1.82) is 0 Å². The van der Waals surface area contributed by atoms with Gasteiger partial charge in [0.2, 0.25) is 5.91 Å². The highest BCUT2D eigenvalue weighted by Crippen LogP contribution is 2.30. The Labute approximate surface area is 181 Å². The number of thiophene rings is 1. The first kappa shape index (κ1) is 20.5. The fourth-order valence-corrected chi connectivity index (χ4v) is 3.93. The van der Waals surface area contributed by atoms with Gasteiger partial charge in [-0.3, -0.25) is 14.4 Å². The van der Waals surface area contributed by atoms with Gasteiger partial charge in [-0.1, -0.05) is 0 Å². The van der Waals surface area contributed by atoms with Crippen molar-refractivity contribution in [2.24, 2.45) is 0 Å². The number of nitrogens with one attached hydrogen (secondary N) is 3. The van der Waals surface area contributed by atoms with Crippen molar-refractivity contribution in [2.45, 2.75) is 12.8 Å². The van der Waals surface area contributed by atoms with Crippen LogP contribution in [0, 0.1) is 5.82 Å². The molecule has 158 valence electrons. The van der Waals surface area contributed by atoms with Gasteiger partial charge in [0.15, 0.2) is 0 Å². The number of halogens is 1. The van der Waals surface area contributed by atoms with Crippen LogP contribution in [0.5, 0.6) is 5.75 Å². The second kappa shape index (κ2) is 8.57. The van der Waals surface area contributed by atoms with Crippen molar-refractivity contribution in [3.63, 3.8) is 0 Å². The number of fused-ring (bicyclic) bond motifs is 1. The summed E-state index contributed by atoms with van der Waals surface area (Å²) >= 11 is 1.08. The molecule has 4 rings (SSSR count). The van der Waals surface area contributed by atoms with Gasteiger partial charge in [-0.25, -0.2) is 4.39 Å². The molecule has 7 nitrogen and oxygen atoms in total. The highest BCUT2D eigenvalue weighted by atomic mass is 32.1. The van der Waals surface area contributed by atoms with Crippen LogP contribution >= 0.6 is 11.3 Å². The molecule has 0 saturated heterocycles. The number of rotatable bonds is 5. The lowest BCUT2D eigenvalue weighted by Gasteiger charge is -2.18. The lowest BCUT2D eigenvalue weighted by Crippen LogP contribution is -2.20. The van der Waals surface area contributed by atoms with E-state index in [9.17, 15) is 18.8 Å². The Bertz CT molecular complexity index is 1170. The summed E-state index contributed by atoms with van der Waals surface area (Å²) in [5.74, 6) is -0.971. The number of benzene rings is 2. The van der Waals surface area contributed by atoms with E-state index in [1.54, 1.807) is 43.5 Å². The molecule has 1 aliphatic rings. The van der Waals surface area contributed by atoms with Gasteiger partial charge >= 0.3 is 0 Å². The van der Waals surface area contributed by atoms with Crippen molar-refractivity contribution in [3.05, 3.63) is 70.4 Å². The van der Waals surface area contributed by atoms with Crippen LogP contribution in [-0.2, 0) is 11.2 Å². The average Bonchev–Trinajstić information content (AvgIpc) is 3.23. The molecule has 0 bridgehead atoms. The Morgan fingerprint density at radius 1 is 1.03 bits per heavy atom. The van der Waals surface area contributed by atoms with Crippen LogP contribution < -0.4 is 20.7 Å². The van der Waals surface area contributed by atoms with Crippen LogP contribution in [0.25, 0.3) is 0 Å². The lowest BCUT2D eigenvalue weighted by atomic mass is 10.0. The monoisotopic (exact) mass is 439 g/mol. The minimum atomic E-state index is -0.640. The first-order chi connectivity index (χ1) is 14.9. The van der Waals surface area contributed by atoms with E-state index in [0.29, 0.717) is 39.7 Å². The number of hydrogen-bond donors (Lipinski definition) is 3. The number of carbonyl (C=O) groups is 3. The molecule has 1 aliphatic heterocycles. The largest absolute Gasteiger partial charge is 0.497 e. The maximum Gasteiger partial charge on any atom is 0.265 e. The number of anilines is 3. The third-order valence-electron chi connectivity index (χ3n) is 4.76. The second-order valence-corrected chi connectivity index (χ2v) is 7.92. The number of ether oxygens (including phenoxy) is 1. The van der Waals surface area contributed by atoms with Gasteiger partial charge in [0, 0.05) is 17.7 Å². The Morgan fingerprint density at radius 2 is 1.81 bits per heavy atom. The molecule has 1 aromatic heterocycles. The summed E-state index contributed by atoms with van der Waals surface area (Å²) in [5.41, 5.74) is 1.67. The number of hydrogen-bond acceptors (Lipinski definition) is 5.